The number of aliphatic hydroxyl groups is 1. The van der Waals surface area contributed by atoms with Gasteiger partial charge in [0, 0.05) is 0 Å². The Morgan fingerprint density at radius 1 is 1.13 bits per heavy atom. The third-order valence-electron chi connectivity index (χ3n) is 2.46. The van der Waals surface area contributed by atoms with Crippen LogP contribution in [-0.4, -0.2) is 29.4 Å². The first-order valence-corrected chi connectivity index (χ1v) is 7.02. The van der Waals surface area contributed by atoms with E-state index in [0.717, 1.165) is 19.3 Å². The molecule has 0 aliphatic heterocycles. The van der Waals surface area contributed by atoms with Gasteiger partial charge in [-0.2, -0.15) is 8.42 Å². The lowest BCUT2D eigenvalue weighted by Gasteiger charge is -2.14. The highest BCUT2D eigenvalue weighted by molar-refractivity contribution is 7.86. The Balaban J connectivity index is 4.09. The minimum Gasteiger partial charge on any atom is -0.393 e. The van der Waals surface area contributed by atoms with Crippen molar-refractivity contribution < 1.29 is 18.1 Å². The molecule has 0 aromatic carbocycles. The molecule has 0 saturated heterocycles. The van der Waals surface area contributed by atoms with E-state index in [1.54, 1.807) is 6.92 Å². The topological polar surface area (TPSA) is 74.6 Å². The fourth-order valence-corrected chi connectivity index (χ4v) is 2.39. The van der Waals surface area contributed by atoms with E-state index < -0.39 is 21.5 Å². The van der Waals surface area contributed by atoms with Crippen molar-refractivity contribution in [2.45, 2.75) is 63.7 Å². The van der Waals surface area contributed by atoms with Crippen LogP contribution in [0, 0.1) is 0 Å². The summed E-state index contributed by atoms with van der Waals surface area (Å²) in [4.78, 5) is 0. The van der Waals surface area contributed by atoms with Crippen LogP contribution in [0.1, 0.15) is 52.4 Å². The second-order valence-corrected chi connectivity index (χ2v) is 5.76. The molecule has 0 radical (unpaired) electrons. The minimum absolute atomic E-state index is 0.334. The van der Waals surface area contributed by atoms with Gasteiger partial charge in [-0.05, 0) is 26.2 Å². The van der Waals surface area contributed by atoms with Gasteiger partial charge in [-0.1, -0.05) is 26.2 Å². The molecule has 4 nitrogen and oxygen atoms in total. The Morgan fingerprint density at radius 2 is 1.73 bits per heavy atom. The average molecular weight is 238 g/mol. The zero-order chi connectivity index (χ0) is 11.9. The Bertz CT molecular complexity index is 246. The Labute approximate surface area is 92.4 Å². The summed E-state index contributed by atoms with van der Waals surface area (Å²) >= 11 is 0. The van der Waals surface area contributed by atoms with E-state index in [9.17, 15) is 8.42 Å². The summed E-state index contributed by atoms with van der Waals surface area (Å²) in [6.07, 6.45) is 3.52. The summed E-state index contributed by atoms with van der Waals surface area (Å²) in [6.45, 7) is 3.66. The maximum atomic E-state index is 11.0. The van der Waals surface area contributed by atoms with Crippen LogP contribution in [0.25, 0.3) is 0 Å². The van der Waals surface area contributed by atoms with Crippen molar-refractivity contribution >= 4 is 10.1 Å². The van der Waals surface area contributed by atoms with Crippen molar-refractivity contribution in [2.75, 3.05) is 0 Å². The minimum atomic E-state index is -3.95. The number of hydrogen-bond donors (Lipinski definition) is 2. The highest BCUT2D eigenvalue weighted by Gasteiger charge is 2.22. The van der Waals surface area contributed by atoms with Crippen molar-refractivity contribution in [1.82, 2.24) is 0 Å². The molecule has 0 bridgehead atoms. The van der Waals surface area contributed by atoms with Gasteiger partial charge in [0.2, 0.25) is 0 Å². The molecule has 2 N–H and O–H groups in total. The second kappa shape index (κ2) is 7.19. The smallest absolute Gasteiger partial charge is 0.267 e. The average Bonchev–Trinajstić information content (AvgIpc) is 2.08. The highest BCUT2D eigenvalue weighted by Crippen LogP contribution is 2.16. The van der Waals surface area contributed by atoms with E-state index in [4.69, 9.17) is 9.66 Å². The summed E-state index contributed by atoms with van der Waals surface area (Å²) in [7, 11) is -3.95. The van der Waals surface area contributed by atoms with Crippen LogP contribution in [0.5, 0.6) is 0 Å². The van der Waals surface area contributed by atoms with Gasteiger partial charge in [0.15, 0.2) is 0 Å². The van der Waals surface area contributed by atoms with Gasteiger partial charge in [-0.3, -0.25) is 4.55 Å². The molecular weight excluding hydrogens is 216 g/mol. The first-order valence-electron chi connectivity index (χ1n) is 5.52. The molecule has 0 saturated carbocycles. The van der Waals surface area contributed by atoms with E-state index in [1.165, 1.54) is 0 Å². The molecule has 0 aliphatic rings. The molecule has 0 aliphatic carbocycles. The second-order valence-electron chi connectivity index (χ2n) is 4.06. The van der Waals surface area contributed by atoms with Gasteiger partial charge in [-0.25, -0.2) is 0 Å². The zero-order valence-corrected chi connectivity index (χ0v) is 10.3. The molecule has 0 fully saturated rings. The lowest BCUT2D eigenvalue weighted by atomic mass is 10.1. The van der Waals surface area contributed by atoms with E-state index in [1.807, 2.05) is 6.92 Å². The summed E-state index contributed by atoms with van der Waals surface area (Å²) < 4.78 is 31.0. The highest BCUT2D eigenvalue weighted by atomic mass is 32.2. The van der Waals surface area contributed by atoms with Crippen molar-refractivity contribution in [3.63, 3.8) is 0 Å². The maximum absolute atomic E-state index is 11.0. The van der Waals surface area contributed by atoms with Crippen molar-refractivity contribution in [1.29, 1.82) is 0 Å². The van der Waals surface area contributed by atoms with Crippen LogP contribution in [0.15, 0.2) is 0 Å². The Kier molecular flexibility index (Phi) is 7.13. The Morgan fingerprint density at radius 3 is 2.13 bits per heavy atom. The van der Waals surface area contributed by atoms with Crippen LogP contribution >= 0.6 is 0 Å². The third kappa shape index (κ3) is 7.76. The van der Waals surface area contributed by atoms with Gasteiger partial charge < -0.3 is 5.11 Å². The fraction of sp³-hybridized carbons (Fsp3) is 1.00. The van der Waals surface area contributed by atoms with Crippen LogP contribution in [0.4, 0.5) is 0 Å². The van der Waals surface area contributed by atoms with Crippen molar-refractivity contribution in [2.24, 2.45) is 0 Å². The van der Waals surface area contributed by atoms with Gasteiger partial charge >= 0.3 is 0 Å². The normalized spacial score (nSPS) is 16.3. The predicted octanol–water partition coefficient (Wildman–Crippen LogP) is 1.98. The van der Waals surface area contributed by atoms with E-state index in [2.05, 4.69) is 0 Å². The van der Waals surface area contributed by atoms with Crippen LogP contribution < -0.4 is 0 Å². The van der Waals surface area contributed by atoms with Crippen molar-refractivity contribution in [3.05, 3.63) is 0 Å². The summed E-state index contributed by atoms with van der Waals surface area (Å²) in [5.74, 6) is 0. The third-order valence-corrected chi connectivity index (χ3v) is 3.77. The summed E-state index contributed by atoms with van der Waals surface area (Å²) in [5.41, 5.74) is 0. The largest absolute Gasteiger partial charge is 0.393 e. The van der Waals surface area contributed by atoms with E-state index in [0.29, 0.717) is 19.3 Å². The molecule has 0 amide bonds. The van der Waals surface area contributed by atoms with Gasteiger partial charge in [0.05, 0.1) is 11.4 Å². The Hall–Kier alpha value is -0.130. The fourth-order valence-electron chi connectivity index (χ4n) is 1.49. The molecule has 15 heavy (non-hydrogen) atoms. The molecule has 2 atom stereocenters. The summed E-state index contributed by atoms with van der Waals surface area (Å²) in [6, 6.07) is 0. The summed E-state index contributed by atoms with van der Waals surface area (Å²) in [5, 5.41) is 8.35. The first-order chi connectivity index (χ1) is 6.88. The molecule has 5 heteroatoms. The van der Waals surface area contributed by atoms with Crippen LogP contribution in [0.3, 0.4) is 0 Å². The maximum Gasteiger partial charge on any atom is 0.267 e. The number of rotatable bonds is 8. The van der Waals surface area contributed by atoms with Gasteiger partial charge in [0.1, 0.15) is 0 Å². The SMILES string of the molecule is CCCCCC(CCC(C)O)S(=O)(=O)O. The standard InChI is InChI=1S/C10H22O4S/c1-3-4-5-6-10(15(12,13)14)8-7-9(2)11/h9-11H,3-8H2,1-2H3,(H,12,13,14). The van der Waals surface area contributed by atoms with Gasteiger partial charge in [0.25, 0.3) is 10.1 Å². The van der Waals surface area contributed by atoms with E-state index >= 15 is 0 Å². The van der Waals surface area contributed by atoms with Crippen LogP contribution in [-0.2, 0) is 10.1 Å². The molecule has 92 valence electrons. The molecule has 0 heterocycles. The molecule has 0 rings (SSSR count). The predicted molar refractivity (Wildman–Crippen MR) is 60.4 cm³/mol. The molecular formula is C10H22O4S. The molecule has 0 aromatic heterocycles. The number of aliphatic hydroxyl groups excluding tert-OH is 1. The lowest BCUT2D eigenvalue weighted by Crippen LogP contribution is -2.22. The number of unbranched alkanes of at least 4 members (excludes halogenated alkanes) is 2. The quantitative estimate of drug-likeness (QED) is 0.501. The first kappa shape index (κ1) is 14.9. The lowest BCUT2D eigenvalue weighted by molar-refractivity contribution is 0.180. The van der Waals surface area contributed by atoms with Gasteiger partial charge in [-0.15, -0.1) is 0 Å². The molecule has 2 unspecified atom stereocenters. The van der Waals surface area contributed by atoms with E-state index in [-0.39, 0.29) is 0 Å². The molecule has 0 spiro atoms. The van der Waals surface area contributed by atoms with Crippen LogP contribution in [0.2, 0.25) is 0 Å². The monoisotopic (exact) mass is 238 g/mol. The van der Waals surface area contributed by atoms with Crippen molar-refractivity contribution in [3.8, 4) is 0 Å². The zero-order valence-electron chi connectivity index (χ0n) is 9.52. The molecule has 0 aromatic rings. The number of hydrogen-bond acceptors (Lipinski definition) is 3.